The highest BCUT2D eigenvalue weighted by Gasteiger charge is 2.18. The Labute approximate surface area is 202 Å². The number of aromatic nitrogens is 1. The summed E-state index contributed by atoms with van der Waals surface area (Å²) in [7, 11) is 0. The number of thiazole rings is 1. The van der Waals surface area contributed by atoms with Gasteiger partial charge in [-0.05, 0) is 55.0 Å². The van der Waals surface area contributed by atoms with E-state index < -0.39 is 0 Å². The second kappa shape index (κ2) is 9.23. The molecule has 4 rings (SSSR count). The van der Waals surface area contributed by atoms with E-state index in [0.717, 1.165) is 10.4 Å². The van der Waals surface area contributed by atoms with E-state index in [1.807, 2.05) is 6.07 Å². The summed E-state index contributed by atoms with van der Waals surface area (Å²) in [6.07, 6.45) is 2.27. The second-order valence-corrected chi connectivity index (χ2v) is 9.57. The zero-order valence-corrected chi connectivity index (χ0v) is 19.8. The SMILES string of the molecule is Cc1oc(-c2cc(Cl)cc(Cl)c2)cc1C(=O)Nc1ncc(Cc2cc(Cl)ccc2Cl)s1. The maximum absolute atomic E-state index is 12.8. The number of halogens is 4. The normalized spacial score (nSPS) is 11.0. The highest BCUT2D eigenvalue weighted by atomic mass is 35.5. The van der Waals surface area contributed by atoms with E-state index in [1.165, 1.54) is 11.3 Å². The molecule has 4 aromatic rings. The highest BCUT2D eigenvalue weighted by Crippen LogP contribution is 2.31. The Bertz CT molecular complexity index is 1260. The van der Waals surface area contributed by atoms with Crippen molar-refractivity contribution in [2.24, 2.45) is 0 Å². The standard InChI is InChI=1S/C22H14Cl4N2O2S/c1-11-18(9-20(30-11)13-5-15(24)8-16(25)6-13)21(29)28-22-27-10-17(31-22)7-12-4-14(23)2-3-19(12)26/h2-6,8-10H,7H2,1H3,(H,27,28,29). The minimum atomic E-state index is -0.317. The van der Waals surface area contributed by atoms with Crippen LogP contribution in [0.1, 0.15) is 26.6 Å². The molecule has 0 unspecified atom stereocenters. The Hall–Kier alpha value is -2.02. The zero-order valence-electron chi connectivity index (χ0n) is 16.0. The van der Waals surface area contributed by atoms with Crippen LogP contribution in [0.5, 0.6) is 0 Å². The molecule has 0 aliphatic rings. The molecule has 0 aliphatic carbocycles. The van der Waals surface area contributed by atoms with E-state index in [2.05, 4.69) is 10.3 Å². The van der Waals surface area contributed by atoms with Crippen LogP contribution in [0.15, 0.2) is 53.1 Å². The summed E-state index contributed by atoms with van der Waals surface area (Å²) in [5, 5.41) is 5.51. The number of nitrogens with zero attached hydrogens (tertiary/aromatic N) is 1. The molecule has 0 spiro atoms. The number of amides is 1. The summed E-state index contributed by atoms with van der Waals surface area (Å²) >= 11 is 25.8. The van der Waals surface area contributed by atoms with E-state index in [0.29, 0.717) is 54.3 Å². The highest BCUT2D eigenvalue weighted by molar-refractivity contribution is 7.15. The molecule has 1 N–H and O–H groups in total. The van der Waals surface area contributed by atoms with E-state index >= 15 is 0 Å². The monoisotopic (exact) mass is 510 g/mol. The zero-order chi connectivity index (χ0) is 22.1. The van der Waals surface area contributed by atoms with Crippen LogP contribution in [-0.4, -0.2) is 10.9 Å². The lowest BCUT2D eigenvalue weighted by atomic mass is 10.1. The molecule has 0 atom stereocenters. The van der Waals surface area contributed by atoms with Gasteiger partial charge in [0.25, 0.3) is 5.91 Å². The van der Waals surface area contributed by atoms with Crippen LogP contribution in [0.2, 0.25) is 20.1 Å². The fourth-order valence-electron chi connectivity index (χ4n) is 3.02. The van der Waals surface area contributed by atoms with Crippen LogP contribution >= 0.6 is 57.7 Å². The smallest absolute Gasteiger partial charge is 0.261 e. The number of aryl methyl sites for hydroxylation is 1. The van der Waals surface area contributed by atoms with Crippen molar-refractivity contribution in [1.82, 2.24) is 4.98 Å². The summed E-state index contributed by atoms with van der Waals surface area (Å²) in [6.45, 7) is 1.72. The third kappa shape index (κ3) is 5.25. The average molecular weight is 512 g/mol. The molecular weight excluding hydrogens is 498 g/mol. The minimum Gasteiger partial charge on any atom is -0.461 e. The summed E-state index contributed by atoms with van der Waals surface area (Å²) in [4.78, 5) is 18.0. The lowest BCUT2D eigenvalue weighted by Crippen LogP contribution is -2.11. The summed E-state index contributed by atoms with van der Waals surface area (Å²) in [6, 6.07) is 12.1. The lowest BCUT2D eigenvalue weighted by Gasteiger charge is -2.02. The molecule has 0 radical (unpaired) electrons. The summed E-state index contributed by atoms with van der Waals surface area (Å²) in [5.74, 6) is 0.663. The van der Waals surface area contributed by atoms with Crippen molar-refractivity contribution < 1.29 is 9.21 Å². The molecule has 0 saturated carbocycles. The van der Waals surface area contributed by atoms with Gasteiger partial charge in [0, 0.05) is 43.1 Å². The van der Waals surface area contributed by atoms with Crippen molar-refractivity contribution in [3.8, 4) is 11.3 Å². The number of nitrogens with one attached hydrogen (secondary N) is 1. The quantitative estimate of drug-likeness (QED) is 0.294. The largest absolute Gasteiger partial charge is 0.461 e. The third-order valence-corrected chi connectivity index (χ3v) is 6.41. The second-order valence-electron chi connectivity index (χ2n) is 6.74. The van der Waals surface area contributed by atoms with Crippen LogP contribution in [0.4, 0.5) is 5.13 Å². The Morgan fingerprint density at radius 1 is 1.03 bits per heavy atom. The van der Waals surface area contributed by atoms with Gasteiger partial charge in [-0.3, -0.25) is 10.1 Å². The summed E-state index contributed by atoms with van der Waals surface area (Å²) < 4.78 is 5.76. The van der Waals surface area contributed by atoms with Crippen molar-refractivity contribution in [2.45, 2.75) is 13.3 Å². The number of carbonyl (C=O) groups is 1. The molecule has 1 amide bonds. The first kappa shape index (κ1) is 22.2. The van der Waals surface area contributed by atoms with Crippen LogP contribution < -0.4 is 5.32 Å². The Balaban J connectivity index is 1.50. The molecule has 0 fully saturated rings. The van der Waals surface area contributed by atoms with E-state index in [9.17, 15) is 4.79 Å². The predicted molar refractivity (Wildman–Crippen MR) is 128 cm³/mol. The first-order valence-corrected chi connectivity index (χ1v) is 11.4. The van der Waals surface area contributed by atoms with Crippen LogP contribution in [0.3, 0.4) is 0 Å². The molecule has 158 valence electrons. The number of rotatable bonds is 5. The maximum atomic E-state index is 12.8. The minimum absolute atomic E-state index is 0.317. The molecule has 2 heterocycles. The van der Waals surface area contributed by atoms with Gasteiger partial charge in [-0.15, -0.1) is 11.3 Å². The summed E-state index contributed by atoms with van der Waals surface area (Å²) in [5.41, 5.74) is 1.99. The molecular formula is C22H14Cl4N2O2S. The van der Waals surface area contributed by atoms with Crippen molar-refractivity contribution >= 4 is 68.8 Å². The number of furan rings is 1. The van der Waals surface area contributed by atoms with Gasteiger partial charge < -0.3 is 4.42 Å². The maximum Gasteiger partial charge on any atom is 0.261 e. The molecule has 4 nitrogen and oxygen atoms in total. The molecule has 0 bridgehead atoms. The van der Waals surface area contributed by atoms with Gasteiger partial charge in [-0.2, -0.15) is 0 Å². The Morgan fingerprint density at radius 2 is 1.77 bits per heavy atom. The van der Waals surface area contributed by atoms with Crippen molar-refractivity contribution in [1.29, 1.82) is 0 Å². The third-order valence-electron chi connectivity index (χ3n) is 4.46. The molecule has 9 heteroatoms. The van der Waals surface area contributed by atoms with Crippen LogP contribution in [0, 0.1) is 6.92 Å². The number of carbonyl (C=O) groups excluding carboxylic acids is 1. The fraction of sp³-hybridized carbons (Fsp3) is 0.0909. The molecule has 31 heavy (non-hydrogen) atoms. The Kier molecular flexibility index (Phi) is 6.60. The number of hydrogen-bond acceptors (Lipinski definition) is 4. The molecule has 2 aromatic carbocycles. The van der Waals surface area contributed by atoms with Gasteiger partial charge in [0.15, 0.2) is 5.13 Å². The van der Waals surface area contributed by atoms with Gasteiger partial charge in [0.05, 0.1) is 5.56 Å². The molecule has 0 saturated heterocycles. The number of benzene rings is 2. The van der Waals surface area contributed by atoms with Crippen LogP contribution in [-0.2, 0) is 6.42 Å². The van der Waals surface area contributed by atoms with Crippen molar-refractivity contribution in [3.05, 3.63) is 90.5 Å². The van der Waals surface area contributed by atoms with Crippen molar-refractivity contribution in [2.75, 3.05) is 5.32 Å². The number of hydrogen-bond donors (Lipinski definition) is 1. The molecule has 0 aliphatic heterocycles. The first-order chi connectivity index (χ1) is 14.8. The molecule has 2 aromatic heterocycles. The Morgan fingerprint density at radius 3 is 2.52 bits per heavy atom. The van der Waals surface area contributed by atoms with Gasteiger partial charge in [-0.25, -0.2) is 4.98 Å². The lowest BCUT2D eigenvalue weighted by molar-refractivity contribution is 0.102. The van der Waals surface area contributed by atoms with Gasteiger partial charge in [0.2, 0.25) is 0 Å². The van der Waals surface area contributed by atoms with Crippen LogP contribution in [0.25, 0.3) is 11.3 Å². The van der Waals surface area contributed by atoms with E-state index in [-0.39, 0.29) is 5.91 Å². The number of anilines is 1. The van der Waals surface area contributed by atoms with Gasteiger partial charge >= 0.3 is 0 Å². The van der Waals surface area contributed by atoms with E-state index in [4.69, 9.17) is 50.8 Å². The first-order valence-electron chi connectivity index (χ1n) is 9.05. The van der Waals surface area contributed by atoms with Gasteiger partial charge in [0.1, 0.15) is 11.5 Å². The van der Waals surface area contributed by atoms with E-state index in [1.54, 1.807) is 49.5 Å². The van der Waals surface area contributed by atoms with Gasteiger partial charge in [-0.1, -0.05) is 46.4 Å². The van der Waals surface area contributed by atoms with Crippen molar-refractivity contribution in [3.63, 3.8) is 0 Å². The topological polar surface area (TPSA) is 55.1 Å². The average Bonchev–Trinajstić information content (AvgIpc) is 3.30. The predicted octanol–water partition coefficient (Wildman–Crippen LogP) is 8.17. The fourth-order valence-corrected chi connectivity index (χ4v) is 4.76.